The molecule has 0 saturated carbocycles. The Morgan fingerprint density at radius 1 is 0.314 bits per heavy atom. The summed E-state index contributed by atoms with van der Waals surface area (Å²) in [6.07, 6.45) is 0. The molecule has 2 aromatic heterocycles. The number of nitrogens with zero attached hydrogens (tertiary/aromatic N) is 3. The number of hydrogen-bond donors (Lipinski definition) is 0. The minimum atomic E-state index is 0.593. The van der Waals surface area contributed by atoms with Gasteiger partial charge in [0.25, 0.3) is 0 Å². The van der Waals surface area contributed by atoms with Crippen molar-refractivity contribution in [3.63, 3.8) is 0 Å². The van der Waals surface area contributed by atoms with Crippen molar-refractivity contribution in [2.24, 2.45) is 0 Å². The number of fused-ring (bicyclic) bond motifs is 5. The highest BCUT2D eigenvalue weighted by molar-refractivity contribution is 6.13. The summed E-state index contributed by atoms with van der Waals surface area (Å²) in [6.45, 7) is 0. The Bertz CT molecular complexity index is 2900. The molecule has 10 aromatic rings. The average molecular weight is 652 g/mol. The second-order valence-corrected chi connectivity index (χ2v) is 12.8. The molecular formula is C47H29N3O. The summed E-state index contributed by atoms with van der Waals surface area (Å²) in [7, 11) is 0. The molecule has 10 rings (SSSR count). The van der Waals surface area contributed by atoms with Crippen molar-refractivity contribution in [1.29, 1.82) is 0 Å². The third kappa shape index (κ3) is 5.13. The van der Waals surface area contributed by atoms with Gasteiger partial charge in [-0.15, -0.1) is 0 Å². The van der Waals surface area contributed by atoms with Gasteiger partial charge in [0, 0.05) is 27.5 Å². The standard InChI is InChI=1S/C47H29N3O/c1-2-11-30(12-3-1)37-28-41(44-40-18-8-9-20-42(40)51-43(44)29-37)47-49-45(48-46(50-47)36-26-21-31-13-4-5-15-35(31)27-36)34-24-22-33(23-25-34)39-19-10-16-32-14-6-7-17-38(32)39/h1-29H. The smallest absolute Gasteiger partial charge is 0.164 e. The molecule has 0 atom stereocenters. The van der Waals surface area contributed by atoms with Crippen LogP contribution in [0.4, 0.5) is 0 Å². The number of furan rings is 1. The van der Waals surface area contributed by atoms with Crippen molar-refractivity contribution in [2.75, 3.05) is 0 Å². The summed E-state index contributed by atoms with van der Waals surface area (Å²) in [5.74, 6) is 1.82. The fraction of sp³-hybridized carbons (Fsp3) is 0. The molecule has 0 spiro atoms. The van der Waals surface area contributed by atoms with E-state index in [1.54, 1.807) is 0 Å². The fourth-order valence-electron chi connectivity index (χ4n) is 7.19. The summed E-state index contributed by atoms with van der Waals surface area (Å²) in [4.78, 5) is 15.6. The second-order valence-electron chi connectivity index (χ2n) is 12.8. The largest absolute Gasteiger partial charge is 0.456 e. The van der Waals surface area contributed by atoms with Crippen LogP contribution in [0.2, 0.25) is 0 Å². The fourth-order valence-corrected chi connectivity index (χ4v) is 7.19. The zero-order valence-corrected chi connectivity index (χ0v) is 27.5. The highest BCUT2D eigenvalue weighted by atomic mass is 16.3. The van der Waals surface area contributed by atoms with E-state index in [1.165, 1.54) is 21.7 Å². The average Bonchev–Trinajstić information content (AvgIpc) is 3.59. The molecule has 0 unspecified atom stereocenters. The first-order valence-corrected chi connectivity index (χ1v) is 17.1. The van der Waals surface area contributed by atoms with E-state index in [9.17, 15) is 0 Å². The van der Waals surface area contributed by atoms with Crippen LogP contribution in [0.25, 0.3) is 99.9 Å². The Labute approximate surface area is 294 Å². The van der Waals surface area contributed by atoms with Gasteiger partial charge < -0.3 is 4.42 Å². The lowest BCUT2D eigenvalue weighted by atomic mass is 9.97. The monoisotopic (exact) mass is 651 g/mol. The summed E-state index contributed by atoms with van der Waals surface area (Å²) in [5.41, 5.74) is 8.82. The SMILES string of the molecule is c1ccc(-c2cc(-c3nc(-c4ccc(-c5cccc6ccccc56)cc4)nc(-c4ccc5ccccc5c4)n3)c3c(c2)oc2ccccc23)cc1. The lowest BCUT2D eigenvalue weighted by Gasteiger charge is -2.12. The van der Waals surface area contributed by atoms with E-state index in [0.29, 0.717) is 17.5 Å². The molecule has 0 aliphatic heterocycles. The van der Waals surface area contributed by atoms with Crippen LogP contribution in [0.1, 0.15) is 0 Å². The maximum atomic E-state index is 6.47. The Morgan fingerprint density at radius 2 is 0.941 bits per heavy atom. The van der Waals surface area contributed by atoms with Crippen LogP contribution in [0.3, 0.4) is 0 Å². The molecule has 0 saturated heterocycles. The highest BCUT2D eigenvalue weighted by Gasteiger charge is 2.20. The Hall–Kier alpha value is -6.91. The van der Waals surface area contributed by atoms with Crippen molar-refractivity contribution >= 4 is 43.5 Å². The maximum absolute atomic E-state index is 6.47. The van der Waals surface area contributed by atoms with Gasteiger partial charge in [-0.1, -0.05) is 152 Å². The van der Waals surface area contributed by atoms with Crippen LogP contribution in [0, 0.1) is 0 Å². The van der Waals surface area contributed by atoms with E-state index in [1.807, 2.05) is 24.3 Å². The van der Waals surface area contributed by atoms with Gasteiger partial charge in [0.2, 0.25) is 0 Å². The molecule has 51 heavy (non-hydrogen) atoms. The Kier molecular flexibility index (Phi) is 6.78. The number of rotatable bonds is 5. The normalized spacial score (nSPS) is 11.5. The molecule has 0 radical (unpaired) electrons. The van der Waals surface area contributed by atoms with Crippen LogP contribution < -0.4 is 0 Å². The summed E-state index contributed by atoms with van der Waals surface area (Å²) in [5, 5.41) is 6.75. The predicted molar refractivity (Wildman–Crippen MR) is 209 cm³/mol. The van der Waals surface area contributed by atoms with Gasteiger partial charge in [0.15, 0.2) is 17.5 Å². The van der Waals surface area contributed by atoms with Crippen LogP contribution in [0.15, 0.2) is 180 Å². The third-order valence-corrected chi connectivity index (χ3v) is 9.71. The number of benzene rings is 8. The zero-order chi connectivity index (χ0) is 33.7. The van der Waals surface area contributed by atoms with E-state index in [0.717, 1.165) is 60.7 Å². The first-order valence-electron chi connectivity index (χ1n) is 17.1. The lowest BCUT2D eigenvalue weighted by Crippen LogP contribution is -2.01. The van der Waals surface area contributed by atoms with Gasteiger partial charge in [0.05, 0.1) is 0 Å². The molecule has 0 aliphatic carbocycles. The van der Waals surface area contributed by atoms with Crippen LogP contribution >= 0.6 is 0 Å². The van der Waals surface area contributed by atoms with Crippen LogP contribution in [0.5, 0.6) is 0 Å². The number of para-hydroxylation sites is 1. The number of hydrogen-bond acceptors (Lipinski definition) is 4. The van der Waals surface area contributed by atoms with Gasteiger partial charge in [-0.2, -0.15) is 0 Å². The van der Waals surface area contributed by atoms with Crippen LogP contribution in [-0.2, 0) is 0 Å². The van der Waals surface area contributed by atoms with Gasteiger partial charge in [-0.25, -0.2) is 15.0 Å². The maximum Gasteiger partial charge on any atom is 0.164 e. The molecule has 0 aliphatic rings. The summed E-state index contributed by atoms with van der Waals surface area (Å²) >= 11 is 0. The van der Waals surface area contributed by atoms with E-state index < -0.39 is 0 Å². The van der Waals surface area contributed by atoms with Crippen molar-refractivity contribution in [1.82, 2.24) is 15.0 Å². The highest BCUT2D eigenvalue weighted by Crippen LogP contribution is 2.40. The Balaban J connectivity index is 1.20. The third-order valence-electron chi connectivity index (χ3n) is 9.71. The van der Waals surface area contributed by atoms with E-state index in [2.05, 4.69) is 152 Å². The van der Waals surface area contributed by atoms with E-state index >= 15 is 0 Å². The van der Waals surface area contributed by atoms with Crippen molar-refractivity contribution < 1.29 is 4.42 Å². The van der Waals surface area contributed by atoms with E-state index in [4.69, 9.17) is 19.4 Å². The second kappa shape index (κ2) is 11.9. The molecule has 2 heterocycles. The molecule has 8 aromatic carbocycles. The lowest BCUT2D eigenvalue weighted by molar-refractivity contribution is 0.669. The molecule has 0 fully saturated rings. The molecule has 4 nitrogen and oxygen atoms in total. The zero-order valence-electron chi connectivity index (χ0n) is 27.5. The van der Waals surface area contributed by atoms with Crippen molar-refractivity contribution in [2.45, 2.75) is 0 Å². The first-order chi connectivity index (χ1) is 25.2. The molecule has 0 bridgehead atoms. The minimum Gasteiger partial charge on any atom is -0.456 e. The summed E-state index contributed by atoms with van der Waals surface area (Å²) < 4.78 is 6.47. The topological polar surface area (TPSA) is 51.8 Å². The molecule has 4 heteroatoms. The van der Waals surface area contributed by atoms with Crippen LogP contribution in [-0.4, -0.2) is 15.0 Å². The molecule has 0 N–H and O–H groups in total. The van der Waals surface area contributed by atoms with Crippen molar-refractivity contribution in [3.05, 3.63) is 176 Å². The molecular weight excluding hydrogens is 623 g/mol. The van der Waals surface area contributed by atoms with E-state index in [-0.39, 0.29) is 0 Å². The first kappa shape index (κ1) is 29.0. The minimum absolute atomic E-state index is 0.593. The van der Waals surface area contributed by atoms with Gasteiger partial charge in [-0.05, 0) is 68.1 Å². The van der Waals surface area contributed by atoms with Crippen molar-refractivity contribution in [3.8, 4) is 56.4 Å². The van der Waals surface area contributed by atoms with Gasteiger partial charge in [-0.3, -0.25) is 0 Å². The predicted octanol–water partition coefficient (Wildman–Crippen LogP) is 12.4. The number of aromatic nitrogens is 3. The summed E-state index contributed by atoms with van der Waals surface area (Å²) in [6, 6.07) is 61.1. The van der Waals surface area contributed by atoms with Gasteiger partial charge >= 0.3 is 0 Å². The molecule has 238 valence electrons. The molecule has 0 amide bonds. The quantitative estimate of drug-likeness (QED) is 0.186. The Morgan fingerprint density at radius 3 is 1.78 bits per heavy atom. The van der Waals surface area contributed by atoms with Gasteiger partial charge in [0.1, 0.15) is 11.2 Å².